The Hall–Kier alpha value is -2.66. The summed E-state index contributed by atoms with van der Waals surface area (Å²) in [5.74, 6) is -0.297. The summed E-state index contributed by atoms with van der Waals surface area (Å²) in [6.07, 6.45) is -5.27. The van der Waals surface area contributed by atoms with Crippen molar-refractivity contribution in [2.45, 2.75) is 30.6 Å². The molecule has 2 aromatic rings. The van der Waals surface area contributed by atoms with Crippen LogP contribution in [0.4, 0.5) is 17.6 Å². The van der Waals surface area contributed by atoms with Gasteiger partial charge in [0.25, 0.3) is 0 Å². The van der Waals surface area contributed by atoms with Crippen molar-refractivity contribution in [1.82, 2.24) is 15.4 Å². The third-order valence-corrected chi connectivity index (χ3v) is 5.35. The molecule has 0 saturated heterocycles. The minimum atomic E-state index is -4.27. The van der Waals surface area contributed by atoms with E-state index in [9.17, 15) is 26.0 Å². The molecular weight excluding hydrogens is 424 g/mol. The van der Waals surface area contributed by atoms with Gasteiger partial charge in [0, 0.05) is 26.7 Å². The molecule has 0 fully saturated rings. The first-order chi connectivity index (χ1) is 14.1. The molecule has 3 N–H and O–H groups in total. The molecule has 0 radical (unpaired) electrons. The molecule has 164 valence electrons. The third kappa shape index (κ3) is 7.99. The van der Waals surface area contributed by atoms with Gasteiger partial charge in [-0.1, -0.05) is 24.3 Å². The van der Waals surface area contributed by atoms with Crippen molar-refractivity contribution in [3.63, 3.8) is 0 Å². The first-order valence-corrected chi connectivity index (χ1v) is 10.4. The summed E-state index contributed by atoms with van der Waals surface area (Å²) in [5, 5.41) is 5.37. The van der Waals surface area contributed by atoms with Crippen LogP contribution in [-0.2, 0) is 23.1 Å². The van der Waals surface area contributed by atoms with E-state index in [1.54, 1.807) is 18.2 Å². The highest BCUT2D eigenvalue weighted by atomic mass is 32.2. The Labute approximate surface area is 172 Å². The van der Waals surface area contributed by atoms with Crippen LogP contribution in [0.25, 0.3) is 0 Å². The number of nitrogens with zero attached hydrogens (tertiary/aromatic N) is 1. The molecule has 0 aliphatic carbocycles. The summed E-state index contributed by atoms with van der Waals surface area (Å²) in [6.45, 7) is -0.251. The lowest BCUT2D eigenvalue weighted by atomic mass is 10.2. The van der Waals surface area contributed by atoms with E-state index in [2.05, 4.69) is 20.3 Å². The summed E-state index contributed by atoms with van der Waals surface area (Å²) in [7, 11) is -2.42. The standard InChI is InChI=1S/C19H22F4N4O2S/c1-24-18(25-9-8-19(21,22)23)26-12-15-5-3-7-17(11-15)30(28,29)27-13-14-4-2-6-16(20)10-14/h2-7,10-11,27H,8-9,12-13H2,1H3,(H2,24,25,26). The minimum absolute atomic E-state index is 0.0122. The molecular formula is C19H22F4N4O2S. The number of nitrogens with one attached hydrogen (secondary N) is 3. The van der Waals surface area contributed by atoms with Crippen LogP contribution in [0.2, 0.25) is 0 Å². The molecule has 6 nitrogen and oxygen atoms in total. The topological polar surface area (TPSA) is 82.6 Å². The van der Waals surface area contributed by atoms with E-state index in [1.807, 2.05) is 0 Å². The monoisotopic (exact) mass is 446 g/mol. The fourth-order valence-electron chi connectivity index (χ4n) is 2.46. The number of hydrogen-bond acceptors (Lipinski definition) is 3. The highest BCUT2D eigenvalue weighted by Crippen LogP contribution is 2.18. The fourth-order valence-corrected chi connectivity index (χ4v) is 3.55. The van der Waals surface area contributed by atoms with Gasteiger partial charge in [-0.15, -0.1) is 0 Å². The summed E-state index contributed by atoms with van der Waals surface area (Å²) < 4.78 is 77.3. The minimum Gasteiger partial charge on any atom is -0.356 e. The molecule has 0 amide bonds. The van der Waals surface area contributed by atoms with Gasteiger partial charge in [0.1, 0.15) is 5.82 Å². The first-order valence-electron chi connectivity index (χ1n) is 8.93. The highest BCUT2D eigenvalue weighted by Gasteiger charge is 2.26. The molecule has 2 aromatic carbocycles. The predicted molar refractivity (Wildman–Crippen MR) is 106 cm³/mol. The van der Waals surface area contributed by atoms with Gasteiger partial charge in [0.2, 0.25) is 10.0 Å². The number of halogens is 4. The lowest BCUT2D eigenvalue weighted by Crippen LogP contribution is -2.38. The van der Waals surface area contributed by atoms with Crippen LogP contribution in [0.3, 0.4) is 0 Å². The zero-order chi connectivity index (χ0) is 22.2. The smallest absolute Gasteiger partial charge is 0.356 e. The Morgan fingerprint density at radius 3 is 2.30 bits per heavy atom. The van der Waals surface area contributed by atoms with Crippen LogP contribution in [0.1, 0.15) is 17.5 Å². The average molecular weight is 446 g/mol. The van der Waals surface area contributed by atoms with Crippen LogP contribution in [0, 0.1) is 5.82 Å². The largest absolute Gasteiger partial charge is 0.390 e. The Morgan fingerprint density at radius 1 is 1.00 bits per heavy atom. The fraction of sp³-hybridized carbons (Fsp3) is 0.316. The van der Waals surface area contributed by atoms with Crippen LogP contribution < -0.4 is 15.4 Å². The van der Waals surface area contributed by atoms with Gasteiger partial charge in [0.05, 0.1) is 11.3 Å². The van der Waals surface area contributed by atoms with Crippen LogP contribution in [0.15, 0.2) is 58.4 Å². The van der Waals surface area contributed by atoms with Gasteiger partial charge in [-0.2, -0.15) is 13.2 Å². The lowest BCUT2D eigenvalue weighted by molar-refractivity contribution is -0.132. The molecule has 2 rings (SSSR count). The average Bonchev–Trinajstić information content (AvgIpc) is 2.68. The lowest BCUT2D eigenvalue weighted by Gasteiger charge is -2.13. The Kier molecular flexibility index (Phi) is 8.18. The zero-order valence-electron chi connectivity index (χ0n) is 16.1. The Morgan fingerprint density at radius 2 is 1.67 bits per heavy atom. The van der Waals surface area contributed by atoms with E-state index in [1.165, 1.54) is 37.4 Å². The maximum Gasteiger partial charge on any atom is 0.390 e. The van der Waals surface area contributed by atoms with Crippen molar-refractivity contribution in [1.29, 1.82) is 0 Å². The van der Waals surface area contributed by atoms with Gasteiger partial charge in [-0.25, -0.2) is 17.5 Å². The van der Waals surface area contributed by atoms with Gasteiger partial charge < -0.3 is 10.6 Å². The molecule has 0 spiro atoms. The molecule has 0 aliphatic heterocycles. The van der Waals surface area contributed by atoms with Gasteiger partial charge in [-0.3, -0.25) is 4.99 Å². The zero-order valence-corrected chi connectivity index (χ0v) is 16.9. The summed E-state index contributed by atoms with van der Waals surface area (Å²) in [6, 6.07) is 11.7. The van der Waals surface area contributed by atoms with E-state index < -0.39 is 28.4 Å². The summed E-state index contributed by atoms with van der Waals surface area (Å²) in [5.41, 5.74) is 1.06. The summed E-state index contributed by atoms with van der Waals surface area (Å²) in [4.78, 5) is 3.84. The maximum absolute atomic E-state index is 13.2. The van der Waals surface area contributed by atoms with Crippen molar-refractivity contribution in [2.24, 2.45) is 4.99 Å². The molecule has 11 heteroatoms. The molecule has 0 atom stereocenters. The van der Waals surface area contributed by atoms with Crippen molar-refractivity contribution in [2.75, 3.05) is 13.6 Å². The molecule has 0 heterocycles. The van der Waals surface area contributed by atoms with Crippen molar-refractivity contribution in [3.8, 4) is 0 Å². The number of aliphatic imine (C=N–C) groups is 1. The van der Waals surface area contributed by atoms with Gasteiger partial charge in [0.15, 0.2) is 5.96 Å². The van der Waals surface area contributed by atoms with Crippen LogP contribution >= 0.6 is 0 Å². The molecule has 0 bridgehead atoms. The van der Waals surface area contributed by atoms with Gasteiger partial charge in [-0.05, 0) is 35.4 Å². The highest BCUT2D eigenvalue weighted by molar-refractivity contribution is 7.89. The van der Waals surface area contributed by atoms with Crippen molar-refractivity contribution >= 4 is 16.0 Å². The van der Waals surface area contributed by atoms with Crippen LogP contribution in [0.5, 0.6) is 0 Å². The predicted octanol–water partition coefficient (Wildman–Crippen LogP) is 2.92. The summed E-state index contributed by atoms with van der Waals surface area (Å²) >= 11 is 0. The Bertz CT molecular complexity index is 978. The first kappa shape index (κ1) is 23.6. The van der Waals surface area contributed by atoms with Crippen LogP contribution in [-0.4, -0.2) is 34.1 Å². The molecule has 0 saturated carbocycles. The van der Waals surface area contributed by atoms with Crippen molar-refractivity contribution in [3.05, 3.63) is 65.5 Å². The SMILES string of the molecule is CN=C(NCCC(F)(F)F)NCc1cccc(S(=O)(=O)NCc2cccc(F)c2)c1. The number of hydrogen-bond donors (Lipinski definition) is 3. The van der Waals surface area contributed by atoms with E-state index in [-0.39, 0.29) is 30.5 Å². The number of alkyl halides is 3. The van der Waals surface area contributed by atoms with Crippen molar-refractivity contribution < 1.29 is 26.0 Å². The van der Waals surface area contributed by atoms with Gasteiger partial charge >= 0.3 is 6.18 Å². The number of guanidine groups is 1. The number of sulfonamides is 1. The molecule has 0 unspecified atom stereocenters. The quantitative estimate of drug-likeness (QED) is 0.331. The molecule has 0 aliphatic rings. The molecule has 0 aromatic heterocycles. The number of rotatable bonds is 8. The van der Waals surface area contributed by atoms with E-state index in [4.69, 9.17) is 0 Å². The van der Waals surface area contributed by atoms with E-state index in [0.29, 0.717) is 11.1 Å². The Balaban J connectivity index is 1.95. The third-order valence-electron chi connectivity index (χ3n) is 3.95. The second-order valence-electron chi connectivity index (χ2n) is 6.32. The maximum atomic E-state index is 13.2. The normalized spacial score (nSPS) is 12.6. The molecule has 30 heavy (non-hydrogen) atoms. The second-order valence-corrected chi connectivity index (χ2v) is 8.09. The van der Waals surface area contributed by atoms with E-state index >= 15 is 0 Å². The van der Waals surface area contributed by atoms with E-state index in [0.717, 1.165) is 0 Å². The number of benzene rings is 2. The second kappa shape index (κ2) is 10.4.